The average molecular weight is 633 g/mol. The zero-order chi connectivity index (χ0) is 23.2. The van der Waals surface area contributed by atoms with E-state index in [9.17, 15) is 13.6 Å². The summed E-state index contributed by atoms with van der Waals surface area (Å²) in [4.78, 5) is 23.1. The van der Waals surface area contributed by atoms with Crippen LogP contribution in [0.2, 0.25) is 0 Å². The van der Waals surface area contributed by atoms with Crippen LogP contribution in [0.15, 0.2) is 91.1 Å². The molecule has 1 N–H and O–H groups in total. The van der Waals surface area contributed by atoms with Crippen LogP contribution < -0.4 is 0 Å². The Kier molecular flexibility index (Phi) is 8.24. The molecular weight excluding hydrogens is 617 g/mol. The van der Waals surface area contributed by atoms with E-state index < -0.39 is 5.97 Å². The predicted molar refractivity (Wildman–Crippen MR) is 120 cm³/mol. The molecule has 0 atom stereocenters. The number of carbonyl (C=O) groups is 1. The molecule has 0 saturated heterocycles. The van der Waals surface area contributed by atoms with Gasteiger partial charge in [0.25, 0.3) is 0 Å². The van der Waals surface area contributed by atoms with Crippen LogP contribution in [0.25, 0.3) is 33.5 Å². The van der Waals surface area contributed by atoms with Gasteiger partial charge in [-0.3, -0.25) is 14.4 Å². The van der Waals surface area contributed by atoms with Crippen LogP contribution in [-0.4, -0.2) is 26.0 Å². The molecule has 2 heterocycles. The fraction of sp³-hybridized carbons (Fsp3) is 0. The zero-order valence-electron chi connectivity index (χ0n) is 17.4. The molecule has 0 unspecified atom stereocenters. The van der Waals surface area contributed by atoms with Crippen LogP contribution in [0, 0.1) is 17.7 Å². The van der Waals surface area contributed by atoms with Crippen molar-refractivity contribution >= 4 is 17.0 Å². The molecule has 5 nitrogen and oxygen atoms in total. The maximum atomic E-state index is 13.2. The minimum absolute atomic E-state index is 0. The average Bonchev–Trinajstić information content (AvgIpc) is 2.85. The molecular formula is C26H16F2IrN3O2-. The molecule has 34 heavy (non-hydrogen) atoms. The third-order valence-corrected chi connectivity index (χ3v) is 4.60. The SMILES string of the molecule is Fc1c[c-]c(-c2nc3ccccc3nc2-c2ccc(F)cc2)cc1.O=C(O)c1ccccn1.[Ir]. The van der Waals surface area contributed by atoms with Gasteiger partial charge in [-0.1, -0.05) is 30.3 Å². The molecule has 0 bridgehead atoms. The molecule has 8 heteroatoms. The molecule has 0 aliphatic heterocycles. The second kappa shape index (κ2) is 11.3. The Labute approximate surface area is 207 Å². The Morgan fingerprint density at radius 3 is 1.91 bits per heavy atom. The van der Waals surface area contributed by atoms with Crippen molar-refractivity contribution in [3.05, 3.63) is 115 Å². The number of halogens is 2. The van der Waals surface area contributed by atoms with Crippen molar-refractivity contribution in [1.29, 1.82) is 0 Å². The van der Waals surface area contributed by atoms with Gasteiger partial charge in [-0.15, -0.1) is 29.8 Å². The van der Waals surface area contributed by atoms with E-state index >= 15 is 0 Å². The summed E-state index contributed by atoms with van der Waals surface area (Å²) in [6.07, 6.45) is 1.45. The van der Waals surface area contributed by atoms with Gasteiger partial charge < -0.3 is 5.11 Å². The van der Waals surface area contributed by atoms with Crippen LogP contribution in [0.1, 0.15) is 10.5 Å². The first-order valence-corrected chi connectivity index (χ1v) is 9.86. The fourth-order valence-corrected chi connectivity index (χ4v) is 3.04. The Morgan fingerprint density at radius 2 is 1.38 bits per heavy atom. The molecule has 171 valence electrons. The number of hydrogen-bond donors (Lipinski definition) is 1. The summed E-state index contributed by atoms with van der Waals surface area (Å²) in [6, 6.07) is 25.4. The first kappa shape index (κ1) is 24.8. The molecule has 3 aromatic carbocycles. The minimum Gasteiger partial charge on any atom is -0.477 e. The monoisotopic (exact) mass is 633 g/mol. The van der Waals surface area contributed by atoms with E-state index in [4.69, 9.17) is 5.11 Å². The van der Waals surface area contributed by atoms with Crippen molar-refractivity contribution in [3.8, 4) is 22.5 Å². The number of aromatic carboxylic acids is 1. The molecule has 1 radical (unpaired) electrons. The van der Waals surface area contributed by atoms with Crippen LogP contribution in [0.4, 0.5) is 8.78 Å². The largest absolute Gasteiger partial charge is 0.477 e. The number of hydrogen-bond acceptors (Lipinski definition) is 4. The summed E-state index contributed by atoms with van der Waals surface area (Å²) in [5.41, 5.74) is 4.12. The van der Waals surface area contributed by atoms with Crippen LogP contribution >= 0.6 is 0 Å². The van der Waals surface area contributed by atoms with Crippen LogP contribution in [-0.2, 0) is 20.1 Å². The maximum absolute atomic E-state index is 13.2. The van der Waals surface area contributed by atoms with Crippen molar-refractivity contribution in [3.63, 3.8) is 0 Å². The number of rotatable bonds is 3. The van der Waals surface area contributed by atoms with E-state index in [0.29, 0.717) is 17.0 Å². The summed E-state index contributed by atoms with van der Waals surface area (Å²) in [7, 11) is 0. The Hall–Kier alpha value is -3.87. The summed E-state index contributed by atoms with van der Waals surface area (Å²) in [6.45, 7) is 0. The molecule has 5 aromatic rings. The molecule has 0 aliphatic rings. The van der Waals surface area contributed by atoms with Crippen LogP contribution in [0.3, 0.4) is 0 Å². The molecule has 0 spiro atoms. The summed E-state index contributed by atoms with van der Waals surface area (Å²) in [5.74, 6) is -1.67. The Bertz CT molecular complexity index is 1310. The normalized spacial score (nSPS) is 10.1. The summed E-state index contributed by atoms with van der Waals surface area (Å²) >= 11 is 0. The Balaban J connectivity index is 0.000000275. The van der Waals surface area contributed by atoms with E-state index in [1.807, 2.05) is 24.3 Å². The third kappa shape index (κ3) is 5.92. The standard InChI is InChI=1S/C20H11F2N2.C6H5NO2.Ir/c21-15-9-5-13(6-10-15)19-20(14-7-11-16(22)12-8-14)24-18-4-2-1-3-17(18)23-19;8-6(9)5-3-1-2-4-7-5;/h1-7,9-12H;1-4H,(H,8,9);/q-1;;. The van der Waals surface area contributed by atoms with Gasteiger partial charge in [-0.25, -0.2) is 14.2 Å². The van der Waals surface area contributed by atoms with Gasteiger partial charge in [-0.2, -0.15) is 0 Å². The molecule has 0 fully saturated rings. The first-order chi connectivity index (χ1) is 16.0. The van der Waals surface area contributed by atoms with E-state index in [1.54, 1.807) is 30.3 Å². The number of carboxylic acid groups (broad SMARTS) is 1. The number of pyridine rings is 1. The van der Waals surface area contributed by atoms with Gasteiger partial charge in [-0.05, 0) is 42.0 Å². The number of nitrogens with zero attached hydrogens (tertiary/aromatic N) is 3. The van der Waals surface area contributed by atoms with Gasteiger partial charge in [0.15, 0.2) is 0 Å². The fourth-order valence-electron chi connectivity index (χ4n) is 3.04. The molecule has 2 aromatic heterocycles. The van der Waals surface area contributed by atoms with Gasteiger partial charge >= 0.3 is 5.97 Å². The van der Waals surface area contributed by atoms with Crippen molar-refractivity contribution in [2.45, 2.75) is 0 Å². The van der Waals surface area contributed by atoms with E-state index in [1.165, 1.54) is 36.5 Å². The summed E-state index contributed by atoms with van der Waals surface area (Å²) in [5, 5.41) is 8.32. The molecule has 0 saturated carbocycles. The van der Waals surface area contributed by atoms with Gasteiger partial charge in [0.1, 0.15) is 11.5 Å². The zero-order valence-corrected chi connectivity index (χ0v) is 19.8. The number of carboxylic acids is 1. The molecule has 0 amide bonds. The van der Waals surface area contributed by atoms with Crippen molar-refractivity contribution in [2.24, 2.45) is 0 Å². The second-order valence-electron chi connectivity index (χ2n) is 6.86. The minimum atomic E-state index is -0.990. The topological polar surface area (TPSA) is 76.0 Å². The molecule has 5 rings (SSSR count). The molecule has 0 aliphatic carbocycles. The van der Waals surface area contributed by atoms with Gasteiger partial charge in [0, 0.05) is 37.8 Å². The smallest absolute Gasteiger partial charge is 0.354 e. The van der Waals surface area contributed by atoms with Crippen molar-refractivity contribution < 1.29 is 38.8 Å². The first-order valence-electron chi connectivity index (χ1n) is 9.86. The van der Waals surface area contributed by atoms with Crippen LogP contribution in [0.5, 0.6) is 0 Å². The van der Waals surface area contributed by atoms with E-state index in [-0.39, 0.29) is 37.4 Å². The van der Waals surface area contributed by atoms with Gasteiger partial charge in [0.2, 0.25) is 0 Å². The second-order valence-corrected chi connectivity index (χ2v) is 6.86. The maximum Gasteiger partial charge on any atom is 0.354 e. The quantitative estimate of drug-likeness (QED) is 0.254. The summed E-state index contributed by atoms with van der Waals surface area (Å²) < 4.78 is 26.5. The van der Waals surface area contributed by atoms with Gasteiger partial charge in [0.05, 0.1) is 16.7 Å². The third-order valence-electron chi connectivity index (χ3n) is 4.60. The van der Waals surface area contributed by atoms with E-state index in [2.05, 4.69) is 21.0 Å². The van der Waals surface area contributed by atoms with Crippen molar-refractivity contribution in [1.82, 2.24) is 15.0 Å². The number of aromatic nitrogens is 3. The number of fused-ring (bicyclic) bond motifs is 1. The van der Waals surface area contributed by atoms with E-state index in [0.717, 1.165) is 16.6 Å². The van der Waals surface area contributed by atoms with Crippen molar-refractivity contribution in [2.75, 3.05) is 0 Å². The number of benzene rings is 3. The Morgan fingerprint density at radius 1 is 0.765 bits per heavy atom. The number of para-hydroxylation sites is 2. The predicted octanol–water partition coefficient (Wildman–Crippen LogP) is 5.82.